The molecule has 4 heterocycles. The highest BCUT2D eigenvalue weighted by Gasteiger charge is 2.50. The van der Waals surface area contributed by atoms with Gasteiger partial charge in [-0.2, -0.15) is 0 Å². The SMILES string of the molecule is O=C(C1CC1)N1CCC(CN2C(c3ccc(-c4cnc5[nH]ccc5c4)cc3F)=NC3(CCCC3)C2O)C1. The molecule has 0 radical (unpaired) electrons. The van der Waals surface area contributed by atoms with Crippen molar-refractivity contribution in [1.29, 1.82) is 0 Å². The molecule has 2 aliphatic heterocycles. The lowest BCUT2D eigenvalue weighted by molar-refractivity contribution is -0.131. The van der Waals surface area contributed by atoms with Crippen molar-refractivity contribution in [1.82, 2.24) is 19.8 Å². The van der Waals surface area contributed by atoms with E-state index in [1.165, 1.54) is 0 Å². The average Bonchev–Trinajstić information content (AvgIpc) is 3.25. The van der Waals surface area contributed by atoms with Crippen LogP contribution in [-0.2, 0) is 4.79 Å². The molecule has 7 rings (SSSR count). The summed E-state index contributed by atoms with van der Waals surface area (Å²) in [7, 11) is 0. The molecule has 2 N–H and O–H groups in total. The number of rotatable bonds is 5. The zero-order chi connectivity index (χ0) is 25.1. The molecule has 2 aromatic heterocycles. The van der Waals surface area contributed by atoms with Crippen LogP contribution in [0.3, 0.4) is 0 Å². The predicted molar refractivity (Wildman–Crippen MR) is 139 cm³/mol. The van der Waals surface area contributed by atoms with Crippen molar-refractivity contribution in [3.8, 4) is 11.1 Å². The number of amides is 1. The summed E-state index contributed by atoms with van der Waals surface area (Å²) >= 11 is 0. The Morgan fingerprint density at radius 3 is 2.76 bits per heavy atom. The van der Waals surface area contributed by atoms with Crippen molar-refractivity contribution in [3.63, 3.8) is 0 Å². The molecule has 2 aliphatic carbocycles. The van der Waals surface area contributed by atoms with E-state index in [9.17, 15) is 9.90 Å². The van der Waals surface area contributed by atoms with Crippen molar-refractivity contribution in [2.24, 2.45) is 16.8 Å². The Morgan fingerprint density at radius 2 is 1.97 bits per heavy atom. The van der Waals surface area contributed by atoms with Crippen LogP contribution in [-0.4, -0.2) is 68.0 Å². The number of pyridine rings is 1. The van der Waals surface area contributed by atoms with Gasteiger partial charge in [-0.05, 0) is 67.9 Å². The lowest BCUT2D eigenvalue weighted by atomic mass is 9.96. The zero-order valence-corrected chi connectivity index (χ0v) is 20.9. The maximum atomic E-state index is 15.7. The normalized spacial score (nSPS) is 25.0. The molecule has 2 unspecified atom stereocenters. The van der Waals surface area contributed by atoms with Crippen LogP contribution in [0, 0.1) is 17.7 Å². The average molecular weight is 502 g/mol. The number of nitrogens with zero attached hydrogens (tertiary/aromatic N) is 4. The predicted octanol–water partition coefficient (Wildman–Crippen LogP) is 4.32. The Bertz CT molecular complexity index is 1390. The maximum Gasteiger partial charge on any atom is 0.225 e. The zero-order valence-electron chi connectivity index (χ0n) is 20.9. The molecular formula is C29H32FN5O2. The third kappa shape index (κ3) is 3.93. The van der Waals surface area contributed by atoms with Gasteiger partial charge in [0.05, 0.1) is 5.56 Å². The van der Waals surface area contributed by atoms with E-state index in [0.29, 0.717) is 24.5 Å². The third-order valence-corrected chi connectivity index (χ3v) is 8.77. The van der Waals surface area contributed by atoms with Crippen LogP contribution in [0.25, 0.3) is 22.2 Å². The number of hydrogen-bond acceptors (Lipinski definition) is 5. The van der Waals surface area contributed by atoms with Gasteiger partial charge in [0.2, 0.25) is 5.91 Å². The molecule has 7 nitrogen and oxygen atoms in total. The Labute approximate surface area is 215 Å². The van der Waals surface area contributed by atoms with Crippen molar-refractivity contribution >= 4 is 22.8 Å². The fraction of sp³-hybridized carbons (Fsp3) is 0.483. The number of likely N-dealkylation sites (tertiary alicyclic amines) is 1. The van der Waals surface area contributed by atoms with E-state index in [0.717, 1.165) is 73.7 Å². The second kappa shape index (κ2) is 8.65. The van der Waals surface area contributed by atoms with Gasteiger partial charge < -0.3 is 19.9 Å². The van der Waals surface area contributed by atoms with Crippen LogP contribution >= 0.6 is 0 Å². The Kier molecular flexibility index (Phi) is 5.36. The van der Waals surface area contributed by atoms with Crippen molar-refractivity contribution in [3.05, 3.63) is 54.1 Å². The van der Waals surface area contributed by atoms with Crippen LogP contribution < -0.4 is 0 Å². The largest absolute Gasteiger partial charge is 0.371 e. The fourth-order valence-corrected chi connectivity index (χ4v) is 6.52. The first-order chi connectivity index (χ1) is 18.0. The molecule has 192 valence electrons. The number of benzene rings is 1. The first kappa shape index (κ1) is 22.9. The minimum atomic E-state index is -0.766. The van der Waals surface area contributed by atoms with E-state index < -0.39 is 11.8 Å². The number of aromatic amines is 1. The van der Waals surface area contributed by atoms with Gasteiger partial charge in [-0.3, -0.25) is 9.79 Å². The Balaban J connectivity index is 1.18. The lowest BCUT2D eigenvalue weighted by Gasteiger charge is -2.33. The molecule has 2 atom stereocenters. The van der Waals surface area contributed by atoms with Crippen LogP contribution in [0.1, 0.15) is 50.5 Å². The highest BCUT2D eigenvalue weighted by Crippen LogP contribution is 2.43. The molecule has 0 bridgehead atoms. The second-order valence-corrected chi connectivity index (χ2v) is 11.3. The lowest BCUT2D eigenvalue weighted by Crippen LogP contribution is -2.48. The number of aliphatic hydroxyl groups excluding tert-OH is 1. The number of H-pyrrole nitrogens is 1. The van der Waals surface area contributed by atoms with Gasteiger partial charge >= 0.3 is 0 Å². The maximum absolute atomic E-state index is 15.7. The molecule has 1 aromatic carbocycles. The topological polar surface area (TPSA) is 84.8 Å². The van der Waals surface area contributed by atoms with Gasteiger partial charge in [0.15, 0.2) is 6.23 Å². The number of aliphatic imine (C=N–C) groups is 1. The number of nitrogens with one attached hydrogen (secondary N) is 1. The van der Waals surface area contributed by atoms with Crippen molar-refractivity contribution in [2.75, 3.05) is 19.6 Å². The third-order valence-electron chi connectivity index (χ3n) is 8.77. The van der Waals surface area contributed by atoms with Gasteiger partial charge in [0.25, 0.3) is 0 Å². The smallest absolute Gasteiger partial charge is 0.225 e. The summed E-state index contributed by atoms with van der Waals surface area (Å²) in [6.45, 7) is 2.05. The van der Waals surface area contributed by atoms with Crippen LogP contribution in [0.5, 0.6) is 0 Å². The number of carbonyl (C=O) groups is 1. The molecule has 4 aliphatic rings. The van der Waals surface area contributed by atoms with Gasteiger partial charge in [0.1, 0.15) is 22.8 Å². The van der Waals surface area contributed by atoms with Gasteiger partial charge in [-0.1, -0.05) is 18.9 Å². The standard InChI is InChI=1S/C29H32FN5O2/c30-24-14-20(22-13-21-7-11-31-25(21)32-15-22)5-6-23(24)26-33-29(9-1-2-10-29)28(37)35(26)17-18-8-12-34(16-18)27(36)19-3-4-19/h5-7,11,13-15,18-19,28,37H,1-4,8-10,12,16-17H2,(H,31,32). The number of carbonyl (C=O) groups excluding carboxylic acids is 1. The second-order valence-electron chi connectivity index (χ2n) is 11.3. The summed E-state index contributed by atoms with van der Waals surface area (Å²) in [5.41, 5.74) is 2.26. The fourth-order valence-electron chi connectivity index (χ4n) is 6.52. The quantitative estimate of drug-likeness (QED) is 0.545. The Morgan fingerprint density at radius 1 is 1.14 bits per heavy atom. The van der Waals surface area contributed by atoms with E-state index in [-0.39, 0.29) is 23.6 Å². The van der Waals surface area contributed by atoms with Crippen LogP contribution in [0.15, 0.2) is 47.7 Å². The first-order valence-corrected chi connectivity index (χ1v) is 13.6. The van der Waals surface area contributed by atoms with E-state index in [1.807, 2.05) is 34.2 Å². The van der Waals surface area contributed by atoms with E-state index in [4.69, 9.17) is 4.99 Å². The molecule has 3 fully saturated rings. The highest BCUT2D eigenvalue weighted by molar-refractivity contribution is 6.01. The highest BCUT2D eigenvalue weighted by atomic mass is 19.1. The van der Waals surface area contributed by atoms with Gasteiger partial charge in [0, 0.05) is 48.9 Å². The molecule has 3 aromatic rings. The Hall–Kier alpha value is -3.26. The van der Waals surface area contributed by atoms with E-state index in [1.54, 1.807) is 18.3 Å². The van der Waals surface area contributed by atoms with Gasteiger partial charge in [-0.15, -0.1) is 0 Å². The summed E-state index contributed by atoms with van der Waals surface area (Å²) < 4.78 is 15.7. The molecule has 8 heteroatoms. The number of amidine groups is 1. The van der Waals surface area contributed by atoms with Crippen molar-refractivity contribution < 1.29 is 14.3 Å². The molecule has 1 saturated heterocycles. The summed E-state index contributed by atoms with van der Waals surface area (Å²) in [5, 5.41) is 12.5. The van der Waals surface area contributed by atoms with E-state index in [2.05, 4.69) is 9.97 Å². The molecular weight excluding hydrogens is 469 g/mol. The molecule has 37 heavy (non-hydrogen) atoms. The van der Waals surface area contributed by atoms with Crippen LogP contribution in [0.4, 0.5) is 4.39 Å². The summed E-state index contributed by atoms with van der Waals surface area (Å²) in [4.78, 5) is 29.0. The summed E-state index contributed by atoms with van der Waals surface area (Å²) in [6, 6.07) is 9.19. The number of aliphatic hydroxyl groups is 1. The number of hydrogen-bond donors (Lipinski definition) is 2. The number of aromatic nitrogens is 2. The minimum absolute atomic E-state index is 0.218. The molecule has 2 saturated carbocycles. The monoisotopic (exact) mass is 501 g/mol. The first-order valence-electron chi connectivity index (χ1n) is 13.6. The van der Waals surface area contributed by atoms with Crippen molar-refractivity contribution in [2.45, 2.75) is 56.7 Å². The van der Waals surface area contributed by atoms with Gasteiger partial charge in [-0.25, -0.2) is 9.37 Å². The number of halogens is 1. The molecule has 1 amide bonds. The van der Waals surface area contributed by atoms with Crippen LogP contribution in [0.2, 0.25) is 0 Å². The number of fused-ring (bicyclic) bond motifs is 1. The minimum Gasteiger partial charge on any atom is -0.371 e. The summed E-state index contributed by atoms with van der Waals surface area (Å²) in [5.74, 6) is 0.926. The molecule has 1 spiro atoms. The summed E-state index contributed by atoms with van der Waals surface area (Å²) in [6.07, 6.45) is 9.40. The van der Waals surface area contributed by atoms with E-state index >= 15 is 4.39 Å².